The molecule has 1 aromatic heterocycles. The zero-order valence-corrected chi connectivity index (χ0v) is 20.1. The van der Waals surface area contributed by atoms with Gasteiger partial charge in [-0.3, -0.25) is 24.7 Å². The number of nitrogens with one attached hydrogen (secondary N) is 2. The third-order valence-corrected chi connectivity index (χ3v) is 6.17. The Hall–Kier alpha value is -4.41. The number of rotatable bonds is 9. The lowest BCUT2D eigenvalue weighted by Gasteiger charge is -2.17. The van der Waals surface area contributed by atoms with Crippen LogP contribution in [0.2, 0.25) is 5.02 Å². The SMILES string of the molecule is O=CN(SNc1cccnc1)c1ccc(-c2ccc(NC(=O)c3cc([N+](=O)[O-])ccc3Cl)cc2)cc1. The molecule has 0 aliphatic rings. The first-order chi connectivity index (χ1) is 17.4. The summed E-state index contributed by atoms with van der Waals surface area (Å²) in [5.41, 5.74) is 3.57. The molecule has 36 heavy (non-hydrogen) atoms. The van der Waals surface area contributed by atoms with Gasteiger partial charge in [-0.2, -0.15) is 0 Å². The highest BCUT2D eigenvalue weighted by Crippen LogP contribution is 2.28. The van der Waals surface area contributed by atoms with Crippen LogP contribution in [-0.2, 0) is 4.79 Å². The van der Waals surface area contributed by atoms with Gasteiger partial charge in [0.2, 0.25) is 6.41 Å². The summed E-state index contributed by atoms with van der Waals surface area (Å²) in [6.07, 6.45) is 4.04. The van der Waals surface area contributed by atoms with Gasteiger partial charge in [-0.15, -0.1) is 0 Å². The summed E-state index contributed by atoms with van der Waals surface area (Å²) >= 11 is 7.17. The number of benzene rings is 3. The number of amides is 2. The molecule has 3 aromatic carbocycles. The van der Waals surface area contributed by atoms with Crippen LogP contribution in [0.3, 0.4) is 0 Å². The Kier molecular flexibility index (Phi) is 7.79. The quantitative estimate of drug-likeness (QED) is 0.117. The zero-order valence-electron chi connectivity index (χ0n) is 18.5. The van der Waals surface area contributed by atoms with Crippen LogP contribution in [0.1, 0.15) is 10.4 Å². The molecule has 0 saturated carbocycles. The van der Waals surface area contributed by atoms with Crippen molar-refractivity contribution in [2.24, 2.45) is 0 Å². The molecule has 0 atom stereocenters. The molecule has 1 heterocycles. The predicted molar refractivity (Wildman–Crippen MR) is 142 cm³/mol. The summed E-state index contributed by atoms with van der Waals surface area (Å²) < 4.78 is 4.51. The molecule has 0 aliphatic heterocycles. The van der Waals surface area contributed by atoms with E-state index in [1.807, 2.05) is 42.5 Å². The molecule has 0 radical (unpaired) electrons. The van der Waals surface area contributed by atoms with Crippen molar-refractivity contribution >= 4 is 58.8 Å². The Morgan fingerprint density at radius 1 is 1.00 bits per heavy atom. The second-order valence-electron chi connectivity index (χ2n) is 7.37. The summed E-state index contributed by atoms with van der Waals surface area (Å²) in [5, 5.41) is 13.8. The normalized spacial score (nSPS) is 10.4. The first-order valence-corrected chi connectivity index (χ1v) is 11.6. The van der Waals surface area contributed by atoms with Crippen molar-refractivity contribution in [3.8, 4) is 11.1 Å². The molecule has 0 bridgehead atoms. The van der Waals surface area contributed by atoms with E-state index in [0.29, 0.717) is 17.8 Å². The molecule has 4 aromatic rings. The van der Waals surface area contributed by atoms with Crippen LogP contribution >= 0.6 is 23.7 Å². The number of nitro benzene ring substituents is 1. The highest BCUT2D eigenvalue weighted by atomic mass is 35.5. The average molecular weight is 520 g/mol. The third kappa shape index (κ3) is 5.98. The van der Waals surface area contributed by atoms with Crippen molar-refractivity contribution < 1.29 is 14.5 Å². The maximum absolute atomic E-state index is 12.6. The number of carbonyl (C=O) groups excluding carboxylic acids is 2. The molecule has 0 spiro atoms. The number of hydrogen-bond donors (Lipinski definition) is 2. The van der Waals surface area contributed by atoms with E-state index < -0.39 is 10.8 Å². The number of hydrogen-bond acceptors (Lipinski definition) is 7. The van der Waals surface area contributed by atoms with Crippen LogP contribution in [0.15, 0.2) is 91.3 Å². The van der Waals surface area contributed by atoms with Gasteiger partial charge >= 0.3 is 0 Å². The zero-order chi connectivity index (χ0) is 25.5. The van der Waals surface area contributed by atoms with Crippen LogP contribution in [0.4, 0.5) is 22.7 Å². The number of non-ortho nitro benzene ring substituents is 1. The van der Waals surface area contributed by atoms with Gasteiger partial charge in [-0.25, -0.2) is 4.31 Å². The number of nitro groups is 1. The number of anilines is 3. The van der Waals surface area contributed by atoms with Crippen molar-refractivity contribution in [3.05, 3.63) is 112 Å². The highest BCUT2D eigenvalue weighted by Gasteiger charge is 2.16. The van der Waals surface area contributed by atoms with E-state index in [1.54, 1.807) is 30.6 Å². The topological polar surface area (TPSA) is 117 Å². The van der Waals surface area contributed by atoms with Gasteiger partial charge in [0, 0.05) is 24.0 Å². The molecular weight excluding hydrogens is 502 g/mol. The molecule has 0 fully saturated rings. The van der Waals surface area contributed by atoms with Gasteiger partial charge in [0.25, 0.3) is 11.6 Å². The molecule has 0 aliphatic carbocycles. The number of carbonyl (C=O) groups is 2. The van der Waals surface area contributed by atoms with Crippen molar-refractivity contribution in [1.82, 2.24) is 4.98 Å². The molecule has 4 rings (SSSR count). The Morgan fingerprint density at radius 3 is 2.31 bits per heavy atom. The van der Waals surface area contributed by atoms with Crippen LogP contribution in [0, 0.1) is 10.1 Å². The van der Waals surface area contributed by atoms with E-state index in [4.69, 9.17) is 11.6 Å². The van der Waals surface area contributed by atoms with Crippen molar-refractivity contribution in [3.63, 3.8) is 0 Å². The highest BCUT2D eigenvalue weighted by molar-refractivity contribution is 8.02. The molecule has 9 nitrogen and oxygen atoms in total. The summed E-state index contributed by atoms with van der Waals surface area (Å²) in [7, 11) is 0. The number of halogens is 1. The molecule has 0 saturated heterocycles. The fraction of sp³-hybridized carbons (Fsp3) is 0. The molecular formula is C25H18ClN5O4S. The third-order valence-electron chi connectivity index (χ3n) is 5.02. The summed E-state index contributed by atoms with van der Waals surface area (Å²) in [6.45, 7) is 0. The van der Waals surface area contributed by atoms with E-state index in [1.165, 1.54) is 16.4 Å². The van der Waals surface area contributed by atoms with Crippen LogP contribution < -0.4 is 14.3 Å². The monoisotopic (exact) mass is 519 g/mol. The van der Waals surface area contributed by atoms with Crippen molar-refractivity contribution in [2.75, 3.05) is 14.3 Å². The van der Waals surface area contributed by atoms with E-state index >= 15 is 0 Å². The van der Waals surface area contributed by atoms with E-state index in [-0.39, 0.29) is 16.3 Å². The number of nitrogens with zero attached hydrogens (tertiary/aromatic N) is 3. The number of aromatic nitrogens is 1. The molecule has 2 amide bonds. The first-order valence-electron chi connectivity index (χ1n) is 10.5. The van der Waals surface area contributed by atoms with Gasteiger partial charge < -0.3 is 10.0 Å². The molecule has 11 heteroatoms. The molecule has 0 unspecified atom stereocenters. The molecule has 180 valence electrons. The van der Waals surface area contributed by atoms with Crippen molar-refractivity contribution in [2.45, 2.75) is 0 Å². The Balaban J connectivity index is 1.41. The summed E-state index contributed by atoms with van der Waals surface area (Å²) in [5.74, 6) is -0.549. The smallest absolute Gasteiger partial charge is 0.270 e. The van der Waals surface area contributed by atoms with Crippen molar-refractivity contribution in [1.29, 1.82) is 0 Å². The lowest BCUT2D eigenvalue weighted by atomic mass is 10.0. The Labute approximate surface area is 215 Å². The minimum Gasteiger partial charge on any atom is -0.322 e. The van der Waals surface area contributed by atoms with Crippen LogP contribution in [0.25, 0.3) is 11.1 Å². The van der Waals surface area contributed by atoms with Crippen LogP contribution in [0.5, 0.6) is 0 Å². The lowest BCUT2D eigenvalue weighted by molar-refractivity contribution is -0.384. The van der Waals surface area contributed by atoms with Crippen LogP contribution in [-0.4, -0.2) is 22.2 Å². The Morgan fingerprint density at radius 2 is 1.69 bits per heavy atom. The summed E-state index contributed by atoms with van der Waals surface area (Å²) in [6, 6.07) is 21.8. The first kappa shape index (κ1) is 24.7. The van der Waals surface area contributed by atoms with Gasteiger partial charge in [0.05, 0.1) is 45.2 Å². The maximum Gasteiger partial charge on any atom is 0.270 e. The van der Waals surface area contributed by atoms with Gasteiger partial charge in [-0.1, -0.05) is 35.9 Å². The van der Waals surface area contributed by atoms with Gasteiger partial charge in [-0.05, 0) is 53.6 Å². The van der Waals surface area contributed by atoms with E-state index in [9.17, 15) is 19.7 Å². The minimum atomic E-state index is -0.586. The largest absolute Gasteiger partial charge is 0.322 e. The lowest BCUT2D eigenvalue weighted by Crippen LogP contribution is -2.14. The van der Waals surface area contributed by atoms with E-state index in [0.717, 1.165) is 35.0 Å². The second-order valence-corrected chi connectivity index (χ2v) is 8.55. The number of pyridine rings is 1. The minimum absolute atomic E-state index is 0.0150. The summed E-state index contributed by atoms with van der Waals surface area (Å²) in [4.78, 5) is 38.6. The average Bonchev–Trinajstić information content (AvgIpc) is 2.90. The standard InChI is InChI=1S/C25H18ClN5O4S/c26-24-12-11-22(31(34)35)14-23(24)25(33)28-19-7-3-17(4-8-19)18-5-9-21(10-6-18)30(16-32)36-29-20-2-1-13-27-15-20/h1-16,29H,(H,28,33). The fourth-order valence-electron chi connectivity index (χ4n) is 3.21. The molecule has 2 N–H and O–H groups in total. The van der Waals surface area contributed by atoms with Gasteiger partial charge in [0.15, 0.2) is 0 Å². The Bertz CT molecular complexity index is 1390. The van der Waals surface area contributed by atoms with Gasteiger partial charge in [0.1, 0.15) is 0 Å². The predicted octanol–water partition coefficient (Wildman–Crippen LogP) is 6.20. The van der Waals surface area contributed by atoms with E-state index in [2.05, 4.69) is 15.0 Å². The second kappa shape index (κ2) is 11.3. The fourth-order valence-corrected chi connectivity index (χ4v) is 4.00. The maximum atomic E-state index is 12.6.